The van der Waals surface area contributed by atoms with Crippen molar-refractivity contribution in [3.8, 4) is 11.3 Å². The molecule has 3 aliphatic rings. The molecule has 0 radical (unpaired) electrons. The van der Waals surface area contributed by atoms with Crippen molar-refractivity contribution >= 4 is 17.7 Å². The number of amides is 1. The number of aliphatic hydroxyl groups is 4. The van der Waals surface area contributed by atoms with Gasteiger partial charge in [0.25, 0.3) is 0 Å². The van der Waals surface area contributed by atoms with Crippen LogP contribution in [0.2, 0.25) is 0 Å². The zero-order chi connectivity index (χ0) is 55.2. The van der Waals surface area contributed by atoms with Crippen molar-refractivity contribution in [3.63, 3.8) is 0 Å². The summed E-state index contributed by atoms with van der Waals surface area (Å²) in [6.45, 7) is 18.1. The van der Waals surface area contributed by atoms with Crippen LogP contribution in [0.1, 0.15) is 113 Å². The maximum absolute atomic E-state index is 14.6. The number of carbonyl (C=O) groups excluding carboxylic acids is 3. The molecule has 5 rings (SSSR count). The third-order valence-electron chi connectivity index (χ3n) is 16.4. The zero-order valence-electron chi connectivity index (χ0n) is 46.4. The van der Waals surface area contributed by atoms with Crippen LogP contribution >= 0.6 is 0 Å². The van der Waals surface area contributed by atoms with E-state index in [1.807, 2.05) is 69.1 Å². The molecule has 0 bridgehead atoms. The first-order valence-electron chi connectivity index (χ1n) is 26.1. The van der Waals surface area contributed by atoms with Crippen LogP contribution in [0.3, 0.4) is 0 Å². The van der Waals surface area contributed by atoms with Crippen molar-refractivity contribution in [1.82, 2.24) is 30.3 Å². The normalized spacial score (nSPS) is 38.9. The van der Waals surface area contributed by atoms with E-state index in [4.69, 9.17) is 38.4 Å². The van der Waals surface area contributed by atoms with Gasteiger partial charge in [0.15, 0.2) is 12.6 Å². The molecule has 3 fully saturated rings. The summed E-state index contributed by atoms with van der Waals surface area (Å²) in [5, 5.41) is 65.3. The largest absolute Gasteiger partial charge is 0.459 e. The number of Topliss-reactive ketones (excluding diaryl/α,β-unsaturated/α-hetero) is 1. The third-order valence-corrected chi connectivity index (χ3v) is 16.4. The van der Waals surface area contributed by atoms with Gasteiger partial charge in [0, 0.05) is 76.1 Å². The molecule has 74 heavy (non-hydrogen) atoms. The molecule has 2 aromatic rings. The third kappa shape index (κ3) is 13.6. The molecule has 6 N–H and O–H groups in total. The fraction of sp³-hybridized carbons (Fsp3) is 0.792. The number of nitrogens with zero attached hydrogens (tertiary/aromatic N) is 5. The number of aliphatic hydroxyl groups excluding tert-OH is 2. The van der Waals surface area contributed by atoms with E-state index in [0.717, 1.165) is 11.1 Å². The summed E-state index contributed by atoms with van der Waals surface area (Å²) in [4.78, 5) is 44.1. The summed E-state index contributed by atoms with van der Waals surface area (Å²) < 4.78 is 47.2. The molecule has 3 saturated heterocycles. The molecule has 420 valence electrons. The van der Waals surface area contributed by atoms with Crippen molar-refractivity contribution in [2.75, 3.05) is 41.9 Å². The number of esters is 1. The lowest BCUT2D eigenvalue weighted by Crippen LogP contribution is -2.70. The minimum Gasteiger partial charge on any atom is -0.459 e. The first-order chi connectivity index (χ1) is 34.6. The van der Waals surface area contributed by atoms with Crippen LogP contribution in [0.4, 0.5) is 0 Å². The highest BCUT2D eigenvalue weighted by atomic mass is 16.7. The number of aromatic nitrogens is 3. The van der Waals surface area contributed by atoms with E-state index in [2.05, 4.69) is 10.3 Å². The average molecular weight is 1050 g/mol. The number of hydroxylamine groups is 1. The predicted molar refractivity (Wildman–Crippen MR) is 271 cm³/mol. The van der Waals surface area contributed by atoms with Crippen molar-refractivity contribution in [2.45, 2.75) is 205 Å². The van der Waals surface area contributed by atoms with Gasteiger partial charge >= 0.3 is 5.97 Å². The highest BCUT2D eigenvalue weighted by molar-refractivity contribution is 5.83. The Labute approximate surface area is 437 Å². The van der Waals surface area contributed by atoms with Crippen LogP contribution in [0, 0.1) is 23.7 Å². The lowest BCUT2D eigenvalue weighted by molar-refractivity contribution is -0.339. The zero-order valence-corrected chi connectivity index (χ0v) is 46.4. The van der Waals surface area contributed by atoms with Crippen LogP contribution < -0.4 is 5.48 Å². The molecule has 21 nitrogen and oxygen atoms in total. The van der Waals surface area contributed by atoms with E-state index in [1.165, 1.54) is 21.1 Å². The summed E-state index contributed by atoms with van der Waals surface area (Å²) in [7, 11) is 8.66. The fourth-order valence-corrected chi connectivity index (χ4v) is 11.5. The molecular weight excluding hydrogens is 961 g/mol. The standard InChI is InChI=1S/C53H88N6O15/c1-16-40-52(10,65)46(63)32(4)43(61)30(2)25-50(8,68-14)47(74-49-44(62)39(57(11)12)24-31(3)70-49)33(5)45(34(6)48(64)72-40)73-42-26-51(9,69-15)53(66,35(7)71-42)29-58(13)27-36-19-21-37(22-20-36)38-28-59(56-54-38)23-17-18-41(60)55-67/h19-22,28,30-35,39-40,42,44-47,49,62-63,65-67H,16-18,23-27,29H2,1-15H3,(H,55,60)/t30-,31+,32+,33-,34-,35-,39-,40-,42-,44+,45+,46+,47-,49-,50-,51+,52-,53-/m1/s1. The van der Waals surface area contributed by atoms with E-state index in [0.29, 0.717) is 31.6 Å². The number of nitrogens with one attached hydrogen (secondary N) is 1. The van der Waals surface area contributed by atoms with E-state index >= 15 is 0 Å². The first-order valence-corrected chi connectivity index (χ1v) is 26.1. The van der Waals surface area contributed by atoms with Gasteiger partial charge in [-0.05, 0) is 93.9 Å². The number of likely N-dealkylation sites (N-methyl/N-ethyl adjacent to an activating group) is 2. The minimum absolute atomic E-state index is 0.00857. The molecule has 1 amide bonds. The summed E-state index contributed by atoms with van der Waals surface area (Å²) in [6, 6.07) is 7.49. The quantitative estimate of drug-likeness (QED) is 0.0752. The summed E-state index contributed by atoms with van der Waals surface area (Å²) in [5.41, 5.74) is -2.12. The Kier molecular flexibility index (Phi) is 20.9. The van der Waals surface area contributed by atoms with Crippen LogP contribution in [0.15, 0.2) is 30.5 Å². The van der Waals surface area contributed by atoms with Gasteiger partial charge in [-0.25, -0.2) is 5.48 Å². The topological polar surface area (TPSA) is 266 Å². The number of methoxy groups -OCH3 is 2. The van der Waals surface area contributed by atoms with Gasteiger partial charge in [-0.1, -0.05) is 57.2 Å². The van der Waals surface area contributed by atoms with E-state index < -0.39 is 107 Å². The Hall–Kier alpha value is -3.55. The lowest BCUT2D eigenvalue weighted by atomic mass is 9.73. The summed E-state index contributed by atoms with van der Waals surface area (Å²) in [5.74, 6) is -5.26. The Bertz CT molecular complexity index is 2150. The molecule has 0 saturated carbocycles. The molecule has 3 aliphatic heterocycles. The van der Waals surface area contributed by atoms with Gasteiger partial charge in [0.05, 0.1) is 48.2 Å². The Balaban J connectivity index is 1.45. The number of aryl methyl sites for hydroxylation is 1. The first kappa shape index (κ1) is 61.3. The Morgan fingerprint density at radius 3 is 2.19 bits per heavy atom. The second-order valence-corrected chi connectivity index (χ2v) is 22.3. The average Bonchev–Trinajstić information content (AvgIpc) is 3.83. The smallest absolute Gasteiger partial charge is 0.311 e. The molecule has 0 unspecified atom stereocenters. The van der Waals surface area contributed by atoms with Gasteiger partial charge in [0.2, 0.25) is 5.91 Å². The van der Waals surface area contributed by atoms with Crippen molar-refractivity contribution in [3.05, 3.63) is 36.0 Å². The number of carbonyl (C=O) groups is 3. The van der Waals surface area contributed by atoms with Crippen LogP contribution in [-0.2, 0) is 60.6 Å². The van der Waals surface area contributed by atoms with Gasteiger partial charge < -0.3 is 58.5 Å². The molecular formula is C53H88N6O15. The van der Waals surface area contributed by atoms with Crippen LogP contribution in [-0.4, -0.2) is 194 Å². The second-order valence-electron chi connectivity index (χ2n) is 22.3. The second kappa shape index (κ2) is 25.3. The molecule has 18 atom stereocenters. The van der Waals surface area contributed by atoms with Crippen LogP contribution in [0.25, 0.3) is 11.3 Å². The lowest BCUT2D eigenvalue weighted by Gasteiger charge is -2.54. The van der Waals surface area contributed by atoms with Crippen molar-refractivity contribution in [1.29, 1.82) is 0 Å². The maximum Gasteiger partial charge on any atom is 0.311 e. The van der Waals surface area contributed by atoms with Crippen molar-refractivity contribution in [2.24, 2.45) is 23.7 Å². The Morgan fingerprint density at radius 1 is 0.932 bits per heavy atom. The van der Waals surface area contributed by atoms with Crippen molar-refractivity contribution < 1.29 is 73.2 Å². The molecule has 21 heteroatoms. The SMILES string of the molecule is CC[C@H]1OC(=O)[C@H](C)[C@@H](O[C@@H]2C[C@](C)(OC)[C@@](O)(CN(C)Cc3ccc(-c4cn(CCCC(=O)NO)nn4)cc3)[C@@H](C)O2)[C@@H](C)[C@@H](O[C@H]2O[C@@H](C)C[C@@H](N(C)C)[C@@H]2O)[C@](C)(OC)C[C@@H](C)C(=O)[C@H](C)[C@H](O)[C@]1(C)O. The number of cyclic esters (lactones) is 1. The molecule has 0 spiro atoms. The molecule has 4 heterocycles. The molecule has 1 aromatic carbocycles. The van der Waals surface area contributed by atoms with Gasteiger partial charge in [-0.2, -0.15) is 0 Å². The highest BCUT2D eigenvalue weighted by Gasteiger charge is 2.59. The van der Waals surface area contributed by atoms with E-state index in [9.17, 15) is 34.8 Å². The summed E-state index contributed by atoms with van der Waals surface area (Å²) in [6.07, 6.45) is -6.36. The number of hydrogen-bond acceptors (Lipinski definition) is 19. The Morgan fingerprint density at radius 2 is 1.59 bits per heavy atom. The van der Waals surface area contributed by atoms with Gasteiger partial charge in [0.1, 0.15) is 40.5 Å². The molecule has 1 aromatic heterocycles. The number of ketones is 1. The monoisotopic (exact) mass is 1050 g/mol. The van der Waals surface area contributed by atoms with E-state index in [-0.39, 0.29) is 50.2 Å². The predicted octanol–water partition coefficient (Wildman–Crippen LogP) is 3.49. The number of benzene rings is 1. The fourth-order valence-electron chi connectivity index (χ4n) is 11.5. The number of ether oxygens (including phenoxy) is 7. The minimum atomic E-state index is -2.02. The highest BCUT2D eigenvalue weighted by Crippen LogP contribution is 2.45. The van der Waals surface area contributed by atoms with Gasteiger partial charge in [-0.3, -0.25) is 29.2 Å². The summed E-state index contributed by atoms with van der Waals surface area (Å²) >= 11 is 0. The van der Waals surface area contributed by atoms with Crippen LogP contribution in [0.5, 0.6) is 0 Å². The van der Waals surface area contributed by atoms with E-state index in [1.54, 1.807) is 64.8 Å². The molecule has 0 aliphatic carbocycles. The number of rotatable bonds is 17. The number of hydrogen-bond donors (Lipinski definition) is 6. The maximum atomic E-state index is 14.6. The van der Waals surface area contributed by atoms with Gasteiger partial charge in [-0.15, -0.1) is 5.10 Å².